The van der Waals surface area contributed by atoms with Gasteiger partial charge in [0.1, 0.15) is 0 Å². The maximum absolute atomic E-state index is 12.6. The topological polar surface area (TPSA) is 72.5 Å². The van der Waals surface area contributed by atoms with Crippen LogP contribution in [0.25, 0.3) is 0 Å². The highest BCUT2D eigenvalue weighted by molar-refractivity contribution is 5.94. The van der Waals surface area contributed by atoms with Gasteiger partial charge in [-0.05, 0) is 41.3 Å². The fourth-order valence-corrected chi connectivity index (χ4v) is 3.24. The molecule has 0 bridgehead atoms. The quantitative estimate of drug-likeness (QED) is 0.644. The number of anilines is 2. The lowest BCUT2D eigenvalue weighted by Gasteiger charge is -2.15. The molecule has 4 rings (SSSR count). The van der Waals surface area contributed by atoms with Gasteiger partial charge in [0.2, 0.25) is 6.79 Å². The number of hydrogen-bond acceptors (Lipinski definition) is 5. The molecule has 1 amide bonds. The number of carbonyl (C=O) groups is 1. The van der Waals surface area contributed by atoms with Crippen molar-refractivity contribution in [3.8, 4) is 11.5 Å². The van der Waals surface area contributed by atoms with Crippen molar-refractivity contribution in [2.45, 2.75) is 26.3 Å². The van der Waals surface area contributed by atoms with Crippen LogP contribution in [-0.2, 0) is 6.54 Å². The van der Waals surface area contributed by atoms with Gasteiger partial charge in [0, 0.05) is 18.4 Å². The smallest absolute Gasteiger partial charge is 0.253 e. The lowest BCUT2D eigenvalue weighted by Crippen LogP contribution is -2.23. The van der Waals surface area contributed by atoms with Crippen LogP contribution in [0.1, 0.15) is 41.3 Å². The molecule has 2 N–H and O–H groups in total. The van der Waals surface area contributed by atoms with Gasteiger partial charge >= 0.3 is 0 Å². The van der Waals surface area contributed by atoms with E-state index in [1.54, 1.807) is 18.5 Å². The zero-order valence-corrected chi connectivity index (χ0v) is 16.4. The van der Waals surface area contributed by atoms with E-state index in [0.29, 0.717) is 23.8 Å². The third-order valence-electron chi connectivity index (χ3n) is 4.75. The Labute approximate surface area is 169 Å². The van der Waals surface area contributed by atoms with Crippen LogP contribution in [0.15, 0.2) is 60.9 Å². The van der Waals surface area contributed by atoms with Crippen LogP contribution < -0.4 is 20.1 Å². The number of amides is 1. The molecule has 6 heteroatoms. The largest absolute Gasteiger partial charge is 0.454 e. The second kappa shape index (κ2) is 8.22. The molecular weight excluding hydrogens is 366 g/mol. The highest BCUT2D eigenvalue weighted by Gasteiger charge is 2.14. The molecule has 2 heterocycles. The van der Waals surface area contributed by atoms with Crippen molar-refractivity contribution in [2.75, 3.05) is 12.1 Å². The highest BCUT2D eigenvalue weighted by Crippen LogP contribution is 2.32. The Balaban J connectivity index is 1.44. The lowest BCUT2D eigenvalue weighted by molar-refractivity contribution is 0.0950. The number of nitrogens with zero attached hydrogens (tertiary/aromatic N) is 1. The van der Waals surface area contributed by atoms with Crippen molar-refractivity contribution in [2.24, 2.45) is 0 Å². The summed E-state index contributed by atoms with van der Waals surface area (Å²) in [6.07, 6.45) is 3.28. The average Bonchev–Trinajstić information content (AvgIpc) is 3.20. The molecule has 1 aromatic heterocycles. The van der Waals surface area contributed by atoms with Gasteiger partial charge < -0.3 is 20.1 Å². The molecule has 0 aliphatic carbocycles. The standard InChI is InChI=1S/C23H23N3O3/c1-15(2)19-5-3-4-6-20(19)26-18-10-17(12-24-13-18)23(27)25-11-16-7-8-21-22(9-16)29-14-28-21/h3-10,12-13,15,26H,11,14H2,1-2H3,(H,25,27). The second-order valence-electron chi connectivity index (χ2n) is 7.20. The van der Waals surface area contributed by atoms with Gasteiger partial charge in [-0.2, -0.15) is 0 Å². The second-order valence-corrected chi connectivity index (χ2v) is 7.20. The molecule has 0 spiro atoms. The summed E-state index contributed by atoms with van der Waals surface area (Å²) < 4.78 is 10.7. The summed E-state index contributed by atoms with van der Waals surface area (Å²) in [5.74, 6) is 1.63. The maximum atomic E-state index is 12.6. The maximum Gasteiger partial charge on any atom is 0.253 e. The number of benzene rings is 2. The van der Waals surface area contributed by atoms with Crippen LogP contribution in [0.4, 0.5) is 11.4 Å². The first kappa shape index (κ1) is 18.8. The number of pyridine rings is 1. The fraction of sp³-hybridized carbons (Fsp3) is 0.217. The van der Waals surface area contributed by atoms with E-state index in [-0.39, 0.29) is 12.7 Å². The van der Waals surface area contributed by atoms with E-state index in [2.05, 4.69) is 35.5 Å². The molecule has 148 valence electrons. The van der Waals surface area contributed by atoms with E-state index in [4.69, 9.17) is 9.47 Å². The van der Waals surface area contributed by atoms with E-state index < -0.39 is 0 Å². The van der Waals surface area contributed by atoms with Gasteiger partial charge in [-0.3, -0.25) is 9.78 Å². The Morgan fingerprint density at radius 2 is 1.90 bits per heavy atom. The molecule has 3 aromatic rings. The molecule has 1 aliphatic heterocycles. The van der Waals surface area contributed by atoms with Gasteiger partial charge in [-0.1, -0.05) is 38.1 Å². The average molecular weight is 389 g/mol. The van der Waals surface area contributed by atoms with E-state index in [1.807, 2.05) is 36.4 Å². The first-order valence-electron chi connectivity index (χ1n) is 9.58. The molecule has 0 saturated heterocycles. The molecule has 1 aliphatic rings. The van der Waals surface area contributed by atoms with Gasteiger partial charge in [0.25, 0.3) is 5.91 Å². The summed E-state index contributed by atoms with van der Waals surface area (Å²) >= 11 is 0. The zero-order chi connectivity index (χ0) is 20.2. The molecule has 29 heavy (non-hydrogen) atoms. The number of aromatic nitrogens is 1. The Morgan fingerprint density at radius 1 is 1.07 bits per heavy atom. The van der Waals surface area contributed by atoms with Crippen molar-refractivity contribution in [3.63, 3.8) is 0 Å². The lowest BCUT2D eigenvalue weighted by atomic mass is 10.0. The summed E-state index contributed by atoms with van der Waals surface area (Å²) in [4.78, 5) is 16.8. The minimum absolute atomic E-state index is 0.184. The number of nitrogens with one attached hydrogen (secondary N) is 2. The predicted molar refractivity (Wildman–Crippen MR) is 112 cm³/mol. The van der Waals surface area contributed by atoms with Gasteiger partial charge in [-0.25, -0.2) is 0 Å². The summed E-state index contributed by atoms with van der Waals surface area (Å²) in [7, 11) is 0. The first-order chi connectivity index (χ1) is 14.1. The van der Waals surface area contributed by atoms with Crippen molar-refractivity contribution >= 4 is 17.3 Å². The summed E-state index contributed by atoms with van der Waals surface area (Å²) in [5, 5.41) is 6.30. The van der Waals surface area contributed by atoms with Crippen LogP contribution in [0.3, 0.4) is 0 Å². The molecule has 0 radical (unpaired) electrons. The van der Waals surface area contributed by atoms with Gasteiger partial charge in [0.05, 0.1) is 17.4 Å². The number of fused-ring (bicyclic) bond motifs is 1. The highest BCUT2D eigenvalue weighted by atomic mass is 16.7. The Bertz CT molecular complexity index is 1030. The van der Waals surface area contributed by atoms with Gasteiger partial charge in [0.15, 0.2) is 11.5 Å². The Kier molecular flexibility index (Phi) is 5.33. The SMILES string of the molecule is CC(C)c1ccccc1Nc1cncc(C(=O)NCc2ccc3c(c2)OCO3)c1. The van der Waals surface area contributed by atoms with Crippen molar-refractivity contribution < 1.29 is 14.3 Å². The molecule has 0 saturated carbocycles. The molecule has 2 aromatic carbocycles. The monoisotopic (exact) mass is 389 g/mol. The number of ether oxygens (including phenoxy) is 2. The normalized spacial score (nSPS) is 12.1. The Hall–Kier alpha value is -3.54. The minimum Gasteiger partial charge on any atom is -0.454 e. The van der Waals surface area contributed by atoms with E-state index in [1.165, 1.54) is 5.56 Å². The summed E-state index contributed by atoms with van der Waals surface area (Å²) in [6.45, 7) is 4.93. The summed E-state index contributed by atoms with van der Waals surface area (Å²) in [6, 6.07) is 15.6. The van der Waals surface area contributed by atoms with Crippen LogP contribution in [-0.4, -0.2) is 17.7 Å². The molecule has 0 fully saturated rings. The molecule has 0 atom stereocenters. The van der Waals surface area contributed by atoms with Crippen molar-refractivity contribution in [1.82, 2.24) is 10.3 Å². The van der Waals surface area contributed by atoms with Crippen molar-refractivity contribution in [3.05, 3.63) is 77.6 Å². The number of para-hydroxylation sites is 1. The minimum atomic E-state index is -0.184. The van der Waals surface area contributed by atoms with E-state index in [0.717, 1.165) is 22.7 Å². The molecular formula is C23H23N3O3. The first-order valence-corrected chi connectivity index (χ1v) is 9.58. The Morgan fingerprint density at radius 3 is 2.76 bits per heavy atom. The van der Waals surface area contributed by atoms with Gasteiger partial charge in [-0.15, -0.1) is 0 Å². The fourth-order valence-electron chi connectivity index (χ4n) is 3.24. The van der Waals surface area contributed by atoms with E-state index in [9.17, 15) is 4.79 Å². The van der Waals surface area contributed by atoms with E-state index >= 15 is 0 Å². The van der Waals surface area contributed by atoms with Crippen LogP contribution >= 0.6 is 0 Å². The van der Waals surface area contributed by atoms with Crippen molar-refractivity contribution in [1.29, 1.82) is 0 Å². The number of carbonyl (C=O) groups excluding carboxylic acids is 1. The third-order valence-corrected chi connectivity index (χ3v) is 4.75. The van der Waals surface area contributed by atoms with Crippen LogP contribution in [0.2, 0.25) is 0 Å². The molecule has 6 nitrogen and oxygen atoms in total. The van der Waals surface area contributed by atoms with Crippen LogP contribution in [0, 0.1) is 0 Å². The molecule has 0 unspecified atom stereocenters. The summed E-state index contributed by atoms with van der Waals surface area (Å²) in [5.41, 5.74) is 4.44. The number of rotatable bonds is 6. The predicted octanol–water partition coefficient (Wildman–Crippen LogP) is 4.61. The third kappa shape index (κ3) is 4.32. The van der Waals surface area contributed by atoms with Crippen LogP contribution in [0.5, 0.6) is 11.5 Å². The number of hydrogen-bond donors (Lipinski definition) is 2. The zero-order valence-electron chi connectivity index (χ0n) is 16.4.